The van der Waals surface area contributed by atoms with E-state index in [4.69, 9.17) is 0 Å². The van der Waals surface area contributed by atoms with Crippen LogP contribution in [0, 0.1) is 0 Å². The van der Waals surface area contributed by atoms with Crippen LogP contribution < -0.4 is 3.87 Å². The van der Waals surface area contributed by atoms with Gasteiger partial charge in [-0.2, -0.15) is 0 Å². The van der Waals surface area contributed by atoms with E-state index in [1.807, 2.05) is 42.6 Å². The van der Waals surface area contributed by atoms with Gasteiger partial charge in [-0.05, 0) is 0 Å². The van der Waals surface area contributed by atoms with Crippen LogP contribution in [0.15, 0.2) is 53.7 Å². The van der Waals surface area contributed by atoms with Gasteiger partial charge in [0.1, 0.15) is 0 Å². The Kier molecular flexibility index (Phi) is 8.10. The molecule has 0 aliphatic rings. The summed E-state index contributed by atoms with van der Waals surface area (Å²) in [4.78, 5) is 8.43. The van der Waals surface area contributed by atoms with Gasteiger partial charge in [0.15, 0.2) is 0 Å². The zero-order chi connectivity index (χ0) is 10.5. The number of hydrogen-bond acceptors (Lipinski definition) is 2. The van der Waals surface area contributed by atoms with Crippen molar-refractivity contribution < 1.29 is 20.4 Å². The van der Waals surface area contributed by atoms with Gasteiger partial charge in [0, 0.05) is 0 Å². The normalized spacial score (nSPS) is 9.35. The summed E-state index contributed by atoms with van der Waals surface area (Å²) in [7, 11) is 0. The summed E-state index contributed by atoms with van der Waals surface area (Å²) in [6.07, 6.45) is 3.59. The van der Waals surface area contributed by atoms with Crippen LogP contribution in [0.4, 0.5) is 5.82 Å². The topological polar surface area (TPSA) is 25.2 Å². The van der Waals surface area contributed by atoms with Crippen LogP contribution in [-0.4, -0.2) is 11.2 Å². The molecule has 0 aliphatic carbocycles. The molecule has 87 valence electrons. The predicted octanol–water partition coefficient (Wildman–Crippen LogP) is 2.85. The molecule has 1 aromatic heterocycles. The van der Waals surface area contributed by atoms with Crippen molar-refractivity contribution in [2.45, 2.75) is 0 Å². The van der Waals surface area contributed by atoms with E-state index < -0.39 is 0 Å². The number of benzene rings is 1. The van der Waals surface area contributed by atoms with E-state index in [1.54, 1.807) is 6.20 Å². The number of hydrogen-bond donors (Lipinski definition) is 0. The fourth-order valence-electron chi connectivity index (χ4n) is 1.18. The van der Waals surface area contributed by atoms with Crippen LogP contribution in [0.3, 0.4) is 0 Å². The molecule has 1 heterocycles. The first-order valence-electron chi connectivity index (χ1n) is 4.62. The number of nitrogens with zero attached hydrogens (tertiary/aromatic N) is 2. The molecular formula is C12H11Cl2N2Ti. The van der Waals surface area contributed by atoms with Crippen molar-refractivity contribution in [3.8, 4) is 0 Å². The number of halogens is 2. The van der Waals surface area contributed by atoms with E-state index in [0.717, 1.165) is 11.4 Å². The first-order valence-corrected chi connectivity index (χ1v) is 5.40. The number of pyridine rings is 1. The van der Waals surface area contributed by atoms with E-state index in [-0.39, 0.29) is 24.8 Å². The predicted molar refractivity (Wildman–Crippen MR) is 72.1 cm³/mol. The monoisotopic (exact) mass is 301 g/mol. The number of rotatable bonds is 2. The first-order chi connectivity index (χ1) is 7.36. The molecule has 0 N–H and O–H groups in total. The Morgan fingerprint density at radius 1 is 1.00 bits per heavy atom. The fraction of sp³-hybridized carbons (Fsp3) is 0. The minimum atomic E-state index is 0. The molecule has 0 fully saturated rings. The maximum atomic E-state index is 4.30. The van der Waals surface area contributed by atoms with E-state index in [9.17, 15) is 0 Å². The molecule has 0 radical (unpaired) electrons. The Morgan fingerprint density at radius 2 is 1.71 bits per heavy atom. The third-order valence-corrected chi connectivity index (χ3v) is 2.66. The first kappa shape index (κ1) is 16.3. The molecule has 0 unspecified atom stereocenters. The van der Waals surface area contributed by atoms with Gasteiger partial charge in [0.25, 0.3) is 0 Å². The molecule has 0 atom stereocenters. The van der Waals surface area contributed by atoms with Crippen molar-refractivity contribution in [2.24, 2.45) is 4.99 Å². The van der Waals surface area contributed by atoms with E-state index in [2.05, 4.69) is 36.5 Å². The van der Waals surface area contributed by atoms with Gasteiger partial charge in [0.2, 0.25) is 0 Å². The zero-order valence-corrected chi connectivity index (χ0v) is 12.1. The summed E-state index contributed by atoms with van der Waals surface area (Å²) in [5, 5.41) is 0. The van der Waals surface area contributed by atoms with Crippen LogP contribution >= 0.6 is 24.8 Å². The van der Waals surface area contributed by atoms with Crippen molar-refractivity contribution >= 4 is 40.7 Å². The van der Waals surface area contributed by atoms with Crippen molar-refractivity contribution in [2.75, 3.05) is 0 Å². The Bertz CT molecular complexity index is 475. The van der Waals surface area contributed by atoms with Gasteiger partial charge in [0.05, 0.1) is 0 Å². The van der Waals surface area contributed by atoms with Crippen LogP contribution in [0.1, 0.15) is 5.56 Å². The second-order valence-electron chi connectivity index (χ2n) is 3.03. The SMILES string of the molecule is Cl.Cl.[Ti][c]1ccccc1C=Nc1ccccn1. The Labute approximate surface area is 125 Å². The molecule has 0 saturated heterocycles. The van der Waals surface area contributed by atoms with Gasteiger partial charge in [-0.15, -0.1) is 24.8 Å². The Hall–Kier alpha value is -0.666. The van der Waals surface area contributed by atoms with Crippen molar-refractivity contribution in [3.05, 3.63) is 54.2 Å². The molecule has 5 heteroatoms. The summed E-state index contributed by atoms with van der Waals surface area (Å²) < 4.78 is 1.22. The van der Waals surface area contributed by atoms with E-state index in [1.165, 1.54) is 3.87 Å². The Morgan fingerprint density at radius 3 is 2.35 bits per heavy atom. The van der Waals surface area contributed by atoms with Crippen LogP contribution in [0.25, 0.3) is 0 Å². The Balaban J connectivity index is 0.00000128. The van der Waals surface area contributed by atoms with Gasteiger partial charge in [-0.1, -0.05) is 0 Å². The van der Waals surface area contributed by atoms with Gasteiger partial charge in [-0.3, -0.25) is 0 Å². The molecule has 0 saturated carbocycles. The third-order valence-electron chi connectivity index (χ3n) is 1.95. The van der Waals surface area contributed by atoms with Crippen LogP contribution in [0.2, 0.25) is 0 Å². The quantitative estimate of drug-likeness (QED) is 0.618. The summed E-state index contributed by atoms with van der Waals surface area (Å²) in [5.41, 5.74) is 1.13. The van der Waals surface area contributed by atoms with E-state index >= 15 is 0 Å². The van der Waals surface area contributed by atoms with Crippen molar-refractivity contribution in [1.29, 1.82) is 0 Å². The zero-order valence-electron chi connectivity index (χ0n) is 8.91. The van der Waals surface area contributed by atoms with Crippen molar-refractivity contribution in [3.63, 3.8) is 0 Å². The molecule has 2 aromatic rings. The fourth-order valence-corrected chi connectivity index (χ4v) is 1.56. The second kappa shape index (κ2) is 8.43. The molecule has 0 amide bonds. The third kappa shape index (κ3) is 5.01. The summed E-state index contributed by atoms with van der Waals surface area (Å²) >= 11 is 2.07. The second-order valence-corrected chi connectivity index (χ2v) is 3.87. The average molecular weight is 302 g/mol. The molecule has 0 spiro atoms. The standard InChI is InChI=1S/C12H9N2.2ClH.Ti/c1-2-6-11(7-3-1)10-14-12-8-4-5-9-13-12;;;/h1-6,8-10H;2*1H;. The van der Waals surface area contributed by atoms with Gasteiger partial charge >= 0.3 is 101 Å². The van der Waals surface area contributed by atoms with Gasteiger partial charge < -0.3 is 0 Å². The van der Waals surface area contributed by atoms with Crippen LogP contribution in [0.5, 0.6) is 0 Å². The van der Waals surface area contributed by atoms with Crippen molar-refractivity contribution in [1.82, 2.24) is 4.98 Å². The van der Waals surface area contributed by atoms with E-state index in [0.29, 0.717) is 0 Å². The summed E-state index contributed by atoms with van der Waals surface area (Å²) in [6, 6.07) is 13.8. The molecule has 1 aromatic carbocycles. The molecular weight excluding hydrogens is 291 g/mol. The molecule has 0 aliphatic heterocycles. The number of aliphatic imine (C=N–C) groups is 1. The number of aromatic nitrogens is 1. The summed E-state index contributed by atoms with van der Waals surface area (Å²) in [6.45, 7) is 0. The molecule has 0 bridgehead atoms. The average Bonchev–Trinajstić information content (AvgIpc) is 2.29. The molecule has 2 rings (SSSR count). The summed E-state index contributed by atoms with van der Waals surface area (Å²) in [5.74, 6) is 0.737. The molecule has 2 nitrogen and oxygen atoms in total. The maximum absolute atomic E-state index is 4.30. The minimum absolute atomic E-state index is 0. The van der Waals surface area contributed by atoms with Gasteiger partial charge in [-0.25, -0.2) is 0 Å². The van der Waals surface area contributed by atoms with Crippen LogP contribution in [-0.2, 0) is 20.4 Å². The molecule has 17 heavy (non-hydrogen) atoms.